The summed E-state index contributed by atoms with van der Waals surface area (Å²) in [5, 5.41) is 17.6. The molecule has 2 atom stereocenters. The van der Waals surface area contributed by atoms with Crippen LogP contribution in [0.1, 0.15) is 32.8 Å². The predicted octanol–water partition coefficient (Wildman–Crippen LogP) is 2.79. The van der Waals surface area contributed by atoms with E-state index in [9.17, 15) is 9.50 Å². The van der Waals surface area contributed by atoms with Crippen LogP contribution in [0.4, 0.5) is 10.3 Å². The highest BCUT2D eigenvalue weighted by atomic mass is 19.1. The molecule has 0 spiro atoms. The predicted molar refractivity (Wildman–Crippen MR) is 104 cm³/mol. The van der Waals surface area contributed by atoms with E-state index in [1.807, 2.05) is 12.1 Å². The van der Waals surface area contributed by atoms with Crippen LogP contribution in [0.25, 0.3) is 16.9 Å². The fourth-order valence-electron chi connectivity index (χ4n) is 3.27. The number of aromatic nitrogens is 4. The summed E-state index contributed by atoms with van der Waals surface area (Å²) in [6, 6.07) is 4.95. The van der Waals surface area contributed by atoms with Crippen molar-refractivity contribution in [1.29, 1.82) is 0 Å². The standard InChI is InChI=1S/C20H24FN5O2/c1-20(2,3)12-4-5-16(22-9-12)18-14(21)8-13-10-23-19(25-26(13)18)24-15-6-7-28-11-17(15)27/h4-5,8-10,15,17,27H,6-7,11H2,1-3H3,(H,24,25)/t15-,17-/m1/s1. The average molecular weight is 385 g/mol. The number of aliphatic hydroxyl groups excluding tert-OH is 1. The van der Waals surface area contributed by atoms with Gasteiger partial charge in [-0.05, 0) is 23.5 Å². The quantitative estimate of drug-likeness (QED) is 0.721. The Labute approximate surface area is 162 Å². The Morgan fingerprint density at radius 1 is 1.25 bits per heavy atom. The summed E-state index contributed by atoms with van der Waals surface area (Å²) in [4.78, 5) is 8.71. The summed E-state index contributed by atoms with van der Waals surface area (Å²) in [5.41, 5.74) is 2.36. The van der Waals surface area contributed by atoms with Crippen molar-refractivity contribution in [3.05, 3.63) is 42.0 Å². The van der Waals surface area contributed by atoms with Gasteiger partial charge >= 0.3 is 0 Å². The van der Waals surface area contributed by atoms with Crippen LogP contribution < -0.4 is 5.32 Å². The van der Waals surface area contributed by atoms with Crippen LogP contribution >= 0.6 is 0 Å². The highest BCUT2D eigenvalue weighted by Crippen LogP contribution is 2.27. The number of hydrogen-bond acceptors (Lipinski definition) is 6. The lowest BCUT2D eigenvalue weighted by molar-refractivity contribution is -0.0136. The summed E-state index contributed by atoms with van der Waals surface area (Å²) in [5.74, 6) is -0.0878. The Morgan fingerprint density at radius 3 is 2.75 bits per heavy atom. The van der Waals surface area contributed by atoms with Gasteiger partial charge in [-0.2, -0.15) is 0 Å². The van der Waals surface area contributed by atoms with E-state index in [-0.39, 0.29) is 23.8 Å². The minimum atomic E-state index is -0.638. The van der Waals surface area contributed by atoms with Crippen LogP contribution in [0, 0.1) is 5.82 Å². The third kappa shape index (κ3) is 3.57. The fourth-order valence-corrected chi connectivity index (χ4v) is 3.27. The van der Waals surface area contributed by atoms with Crippen LogP contribution in [0.3, 0.4) is 0 Å². The van der Waals surface area contributed by atoms with Gasteiger partial charge < -0.3 is 15.2 Å². The van der Waals surface area contributed by atoms with E-state index in [0.29, 0.717) is 30.2 Å². The van der Waals surface area contributed by atoms with Crippen molar-refractivity contribution < 1.29 is 14.2 Å². The fraction of sp³-hybridized carbons (Fsp3) is 0.450. The molecule has 1 saturated heterocycles. The smallest absolute Gasteiger partial charge is 0.241 e. The second-order valence-corrected chi connectivity index (χ2v) is 8.12. The number of rotatable bonds is 3. The van der Waals surface area contributed by atoms with E-state index in [0.717, 1.165) is 5.56 Å². The van der Waals surface area contributed by atoms with Gasteiger partial charge in [0.25, 0.3) is 0 Å². The molecule has 4 heterocycles. The van der Waals surface area contributed by atoms with Crippen LogP contribution in [-0.4, -0.2) is 50.0 Å². The maximum Gasteiger partial charge on any atom is 0.241 e. The molecular weight excluding hydrogens is 361 g/mol. The Hall–Kier alpha value is -2.58. The molecule has 4 rings (SSSR count). The largest absolute Gasteiger partial charge is 0.389 e. The van der Waals surface area contributed by atoms with Crippen molar-refractivity contribution in [1.82, 2.24) is 19.6 Å². The van der Waals surface area contributed by atoms with Gasteiger partial charge in [-0.1, -0.05) is 26.8 Å². The molecule has 2 N–H and O–H groups in total. The number of fused-ring (bicyclic) bond motifs is 1. The minimum Gasteiger partial charge on any atom is -0.389 e. The lowest BCUT2D eigenvalue weighted by Crippen LogP contribution is -2.42. The van der Waals surface area contributed by atoms with E-state index in [2.05, 4.69) is 41.2 Å². The molecule has 148 valence electrons. The molecule has 8 heteroatoms. The van der Waals surface area contributed by atoms with E-state index < -0.39 is 11.9 Å². The molecule has 7 nitrogen and oxygen atoms in total. The number of nitrogens with zero attached hydrogens (tertiary/aromatic N) is 4. The molecule has 3 aromatic heterocycles. The van der Waals surface area contributed by atoms with E-state index in [1.54, 1.807) is 12.4 Å². The average Bonchev–Trinajstić information content (AvgIpc) is 2.98. The van der Waals surface area contributed by atoms with Gasteiger partial charge in [0.05, 0.1) is 36.2 Å². The second kappa shape index (κ2) is 7.10. The number of nitrogens with one attached hydrogen (secondary N) is 1. The zero-order valence-electron chi connectivity index (χ0n) is 16.2. The molecule has 0 bridgehead atoms. The maximum absolute atomic E-state index is 14.7. The second-order valence-electron chi connectivity index (χ2n) is 8.12. The zero-order chi connectivity index (χ0) is 19.9. The first-order valence-electron chi connectivity index (χ1n) is 9.36. The van der Waals surface area contributed by atoms with E-state index in [4.69, 9.17) is 4.74 Å². The number of hydrogen-bond donors (Lipinski definition) is 2. The first-order chi connectivity index (χ1) is 13.3. The van der Waals surface area contributed by atoms with Crippen molar-refractivity contribution in [2.75, 3.05) is 18.5 Å². The normalized spacial score (nSPS) is 20.5. The number of aliphatic hydroxyl groups is 1. The summed E-state index contributed by atoms with van der Waals surface area (Å²) in [6.45, 7) is 7.14. The van der Waals surface area contributed by atoms with Gasteiger partial charge in [0.15, 0.2) is 5.82 Å². The molecule has 0 aliphatic carbocycles. The molecule has 0 saturated carbocycles. The van der Waals surface area contributed by atoms with Crippen molar-refractivity contribution in [3.8, 4) is 11.4 Å². The Bertz CT molecular complexity index is 981. The maximum atomic E-state index is 14.7. The van der Waals surface area contributed by atoms with Crippen molar-refractivity contribution in [3.63, 3.8) is 0 Å². The van der Waals surface area contributed by atoms with Crippen molar-refractivity contribution in [2.45, 2.75) is 44.8 Å². The molecule has 0 unspecified atom stereocenters. The van der Waals surface area contributed by atoms with Gasteiger partial charge in [0.1, 0.15) is 5.69 Å². The number of ether oxygens (including phenoxy) is 1. The third-order valence-electron chi connectivity index (χ3n) is 4.98. The third-order valence-corrected chi connectivity index (χ3v) is 4.98. The number of anilines is 1. The number of halogens is 1. The van der Waals surface area contributed by atoms with Crippen LogP contribution in [-0.2, 0) is 10.2 Å². The van der Waals surface area contributed by atoms with Gasteiger partial charge in [0, 0.05) is 18.9 Å². The Balaban J connectivity index is 1.69. The first-order valence-corrected chi connectivity index (χ1v) is 9.36. The molecule has 28 heavy (non-hydrogen) atoms. The molecule has 3 aromatic rings. The zero-order valence-corrected chi connectivity index (χ0v) is 16.2. The minimum absolute atomic E-state index is 0.0326. The van der Waals surface area contributed by atoms with Gasteiger partial charge in [-0.15, -0.1) is 5.10 Å². The topological polar surface area (TPSA) is 84.6 Å². The molecular formula is C20H24FN5O2. The van der Waals surface area contributed by atoms with Crippen LogP contribution in [0.2, 0.25) is 0 Å². The van der Waals surface area contributed by atoms with Gasteiger partial charge in [-0.25, -0.2) is 13.9 Å². The summed E-state index contributed by atoms with van der Waals surface area (Å²) >= 11 is 0. The monoisotopic (exact) mass is 385 g/mol. The highest BCUT2D eigenvalue weighted by molar-refractivity contribution is 5.64. The highest BCUT2D eigenvalue weighted by Gasteiger charge is 2.25. The number of pyridine rings is 1. The SMILES string of the molecule is CC(C)(C)c1ccc(-c2c(F)cc3cnc(N[C@@H]4CCOC[C@H]4O)nn23)nc1. The van der Waals surface area contributed by atoms with E-state index in [1.165, 1.54) is 10.6 Å². The lowest BCUT2D eigenvalue weighted by Gasteiger charge is -2.28. The molecule has 0 radical (unpaired) electrons. The summed E-state index contributed by atoms with van der Waals surface area (Å²) in [6.07, 6.45) is 3.33. The van der Waals surface area contributed by atoms with E-state index >= 15 is 0 Å². The van der Waals surface area contributed by atoms with Gasteiger partial charge in [-0.3, -0.25) is 4.98 Å². The molecule has 0 aromatic carbocycles. The molecule has 1 fully saturated rings. The Kier molecular flexibility index (Phi) is 4.76. The van der Waals surface area contributed by atoms with Crippen LogP contribution in [0.15, 0.2) is 30.6 Å². The molecule has 1 aliphatic rings. The van der Waals surface area contributed by atoms with Crippen LogP contribution in [0.5, 0.6) is 0 Å². The summed E-state index contributed by atoms with van der Waals surface area (Å²) < 4.78 is 21.4. The summed E-state index contributed by atoms with van der Waals surface area (Å²) in [7, 11) is 0. The molecule has 1 aliphatic heterocycles. The van der Waals surface area contributed by atoms with Crippen molar-refractivity contribution >= 4 is 11.5 Å². The van der Waals surface area contributed by atoms with Crippen molar-refractivity contribution in [2.24, 2.45) is 0 Å². The molecule has 0 amide bonds. The van der Waals surface area contributed by atoms with Gasteiger partial charge in [0.2, 0.25) is 5.95 Å². The Morgan fingerprint density at radius 2 is 2.07 bits per heavy atom. The first kappa shape index (κ1) is 18.8. The lowest BCUT2D eigenvalue weighted by atomic mass is 9.88.